The van der Waals surface area contributed by atoms with Crippen LogP contribution in [0.3, 0.4) is 0 Å². The van der Waals surface area contributed by atoms with Crippen LogP contribution in [0.1, 0.15) is 11.3 Å². The highest BCUT2D eigenvalue weighted by Gasteiger charge is 2.03. The molecule has 0 aliphatic carbocycles. The third kappa shape index (κ3) is 2.77. The number of anilines is 1. The molecule has 0 spiro atoms. The molecule has 0 radical (unpaired) electrons. The molecule has 1 aromatic carbocycles. The van der Waals surface area contributed by atoms with Gasteiger partial charge in [0.1, 0.15) is 5.75 Å². The van der Waals surface area contributed by atoms with Crippen molar-refractivity contribution in [2.75, 3.05) is 5.73 Å². The summed E-state index contributed by atoms with van der Waals surface area (Å²) in [5.41, 5.74) is 8.40. The molecule has 2 aromatic rings. The van der Waals surface area contributed by atoms with Crippen LogP contribution in [0, 0.1) is 13.8 Å². The summed E-state index contributed by atoms with van der Waals surface area (Å²) in [6, 6.07) is 9.30. The van der Waals surface area contributed by atoms with Crippen LogP contribution in [0.25, 0.3) is 0 Å². The molecule has 88 valence electrons. The molecule has 0 aliphatic rings. The molecular formula is C13H13BrN2O. The maximum atomic E-state index is 5.75. The van der Waals surface area contributed by atoms with Gasteiger partial charge in [0.05, 0.1) is 5.69 Å². The molecule has 0 aliphatic heterocycles. The van der Waals surface area contributed by atoms with Crippen LogP contribution in [-0.4, -0.2) is 4.98 Å². The molecule has 0 saturated carbocycles. The van der Waals surface area contributed by atoms with E-state index < -0.39 is 0 Å². The van der Waals surface area contributed by atoms with Gasteiger partial charge < -0.3 is 10.5 Å². The van der Waals surface area contributed by atoms with Crippen LogP contribution < -0.4 is 10.5 Å². The topological polar surface area (TPSA) is 48.1 Å². The lowest BCUT2D eigenvalue weighted by Crippen LogP contribution is -1.93. The largest absolute Gasteiger partial charge is 0.439 e. The fourth-order valence-corrected chi connectivity index (χ4v) is 1.63. The maximum Gasteiger partial charge on any atom is 0.219 e. The number of hydrogen-bond donors (Lipinski definition) is 1. The van der Waals surface area contributed by atoms with Gasteiger partial charge in [-0.15, -0.1) is 0 Å². The monoisotopic (exact) mass is 292 g/mol. The summed E-state index contributed by atoms with van der Waals surface area (Å²) in [6.07, 6.45) is 0. The summed E-state index contributed by atoms with van der Waals surface area (Å²) in [7, 11) is 0. The van der Waals surface area contributed by atoms with E-state index in [0.717, 1.165) is 27.2 Å². The first-order chi connectivity index (χ1) is 8.06. The SMILES string of the molecule is Cc1cc(Oc2ccc(Br)c(C)n2)ccc1N. The Morgan fingerprint density at radius 2 is 1.94 bits per heavy atom. The van der Waals surface area contributed by atoms with Crippen molar-refractivity contribution in [3.8, 4) is 11.6 Å². The number of aryl methyl sites for hydroxylation is 2. The van der Waals surface area contributed by atoms with Crippen molar-refractivity contribution in [3.05, 3.63) is 46.1 Å². The minimum Gasteiger partial charge on any atom is -0.439 e. The van der Waals surface area contributed by atoms with Crippen molar-refractivity contribution in [1.82, 2.24) is 4.98 Å². The summed E-state index contributed by atoms with van der Waals surface area (Å²) in [5, 5.41) is 0. The molecule has 0 saturated heterocycles. The first-order valence-corrected chi connectivity index (χ1v) is 6.02. The molecule has 3 nitrogen and oxygen atoms in total. The van der Waals surface area contributed by atoms with Crippen LogP contribution in [0.5, 0.6) is 11.6 Å². The summed E-state index contributed by atoms with van der Waals surface area (Å²) in [5.74, 6) is 1.32. The van der Waals surface area contributed by atoms with Crippen LogP contribution in [0.4, 0.5) is 5.69 Å². The number of benzene rings is 1. The van der Waals surface area contributed by atoms with Gasteiger partial charge >= 0.3 is 0 Å². The van der Waals surface area contributed by atoms with E-state index >= 15 is 0 Å². The van der Waals surface area contributed by atoms with Crippen molar-refractivity contribution >= 4 is 21.6 Å². The second kappa shape index (κ2) is 4.75. The Morgan fingerprint density at radius 3 is 2.59 bits per heavy atom. The zero-order chi connectivity index (χ0) is 12.4. The molecule has 0 fully saturated rings. The van der Waals surface area contributed by atoms with E-state index in [1.54, 1.807) is 0 Å². The van der Waals surface area contributed by atoms with Crippen LogP contribution in [-0.2, 0) is 0 Å². The number of pyridine rings is 1. The van der Waals surface area contributed by atoms with Gasteiger partial charge in [-0.1, -0.05) is 0 Å². The van der Waals surface area contributed by atoms with Crippen LogP contribution in [0.2, 0.25) is 0 Å². The molecule has 2 rings (SSSR count). The number of aromatic nitrogens is 1. The lowest BCUT2D eigenvalue weighted by Gasteiger charge is -2.08. The van der Waals surface area contributed by atoms with Gasteiger partial charge in [-0.3, -0.25) is 0 Å². The van der Waals surface area contributed by atoms with Gasteiger partial charge in [-0.25, -0.2) is 4.98 Å². The normalized spacial score (nSPS) is 10.3. The number of halogens is 1. The van der Waals surface area contributed by atoms with Crippen molar-refractivity contribution < 1.29 is 4.74 Å². The van der Waals surface area contributed by atoms with Gasteiger partial charge in [-0.05, 0) is 59.6 Å². The Labute approximate surface area is 109 Å². The Hall–Kier alpha value is -1.55. The molecule has 1 heterocycles. The third-order valence-corrected chi connectivity index (χ3v) is 3.30. The second-order valence-electron chi connectivity index (χ2n) is 3.84. The molecule has 17 heavy (non-hydrogen) atoms. The van der Waals surface area contributed by atoms with E-state index in [1.165, 1.54) is 0 Å². The van der Waals surface area contributed by atoms with E-state index in [0.29, 0.717) is 5.88 Å². The maximum absolute atomic E-state index is 5.75. The number of rotatable bonds is 2. The van der Waals surface area contributed by atoms with Crippen molar-refractivity contribution in [2.24, 2.45) is 0 Å². The number of nitrogen functional groups attached to an aromatic ring is 1. The van der Waals surface area contributed by atoms with E-state index in [1.807, 2.05) is 44.2 Å². The lowest BCUT2D eigenvalue weighted by molar-refractivity contribution is 0.461. The van der Waals surface area contributed by atoms with Gasteiger partial charge in [-0.2, -0.15) is 0 Å². The standard InChI is InChI=1S/C13H13BrN2O/c1-8-7-10(3-5-12(8)15)17-13-6-4-11(14)9(2)16-13/h3-7H,15H2,1-2H3. The average Bonchev–Trinajstić information content (AvgIpc) is 2.29. The van der Waals surface area contributed by atoms with Gasteiger partial charge in [0.2, 0.25) is 5.88 Å². The summed E-state index contributed by atoms with van der Waals surface area (Å²) < 4.78 is 6.63. The number of nitrogens with two attached hydrogens (primary N) is 1. The first kappa shape index (κ1) is 11.9. The second-order valence-corrected chi connectivity index (χ2v) is 4.69. The number of hydrogen-bond acceptors (Lipinski definition) is 3. The molecule has 4 heteroatoms. The quantitative estimate of drug-likeness (QED) is 0.856. The first-order valence-electron chi connectivity index (χ1n) is 5.23. The highest BCUT2D eigenvalue weighted by atomic mass is 79.9. The van der Waals surface area contributed by atoms with E-state index in [2.05, 4.69) is 20.9 Å². The summed E-state index contributed by atoms with van der Waals surface area (Å²) in [4.78, 5) is 4.32. The van der Waals surface area contributed by atoms with Gasteiger partial charge in [0, 0.05) is 16.2 Å². The van der Waals surface area contributed by atoms with E-state index in [9.17, 15) is 0 Å². The predicted molar refractivity (Wildman–Crippen MR) is 72.3 cm³/mol. The smallest absolute Gasteiger partial charge is 0.219 e. The highest BCUT2D eigenvalue weighted by molar-refractivity contribution is 9.10. The minimum atomic E-state index is 0.579. The third-order valence-electron chi connectivity index (χ3n) is 2.46. The molecular weight excluding hydrogens is 280 g/mol. The van der Waals surface area contributed by atoms with Crippen molar-refractivity contribution in [3.63, 3.8) is 0 Å². The van der Waals surface area contributed by atoms with E-state index in [-0.39, 0.29) is 0 Å². The van der Waals surface area contributed by atoms with Crippen molar-refractivity contribution in [1.29, 1.82) is 0 Å². The minimum absolute atomic E-state index is 0.579. The average molecular weight is 293 g/mol. The Balaban J connectivity index is 2.25. The zero-order valence-corrected chi connectivity index (χ0v) is 11.3. The molecule has 2 N–H and O–H groups in total. The molecule has 0 amide bonds. The predicted octanol–water partition coefficient (Wildman–Crippen LogP) is 3.84. The number of ether oxygens (including phenoxy) is 1. The molecule has 1 aromatic heterocycles. The fourth-order valence-electron chi connectivity index (χ4n) is 1.41. The highest BCUT2D eigenvalue weighted by Crippen LogP contribution is 2.25. The van der Waals surface area contributed by atoms with Crippen LogP contribution in [0.15, 0.2) is 34.8 Å². The lowest BCUT2D eigenvalue weighted by atomic mass is 10.2. The number of nitrogens with zero attached hydrogens (tertiary/aromatic N) is 1. The summed E-state index contributed by atoms with van der Waals surface area (Å²) in [6.45, 7) is 3.87. The van der Waals surface area contributed by atoms with Crippen LogP contribution >= 0.6 is 15.9 Å². The molecule has 0 unspecified atom stereocenters. The molecule has 0 bridgehead atoms. The Morgan fingerprint density at radius 1 is 1.18 bits per heavy atom. The van der Waals surface area contributed by atoms with Crippen molar-refractivity contribution in [2.45, 2.75) is 13.8 Å². The fraction of sp³-hybridized carbons (Fsp3) is 0.154. The Kier molecular flexibility index (Phi) is 3.33. The molecule has 0 atom stereocenters. The van der Waals surface area contributed by atoms with Gasteiger partial charge in [0.25, 0.3) is 0 Å². The summed E-state index contributed by atoms with van der Waals surface area (Å²) >= 11 is 3.40. The van der Waals surface area contributed by atoms with Gasteiger partial charge in [0.15, 0.2) is 0 Å². The zero-order valence-electron chi connectivity index (χ0n) is 9.70. The Bertz CT molecular complexity index is 506. The van der Waals surface area contributed by atoms with E-state index in [4.69, 9.17) is 10.5 Å².